The Balaban J connectivity index is 2.16. The number of aryl methyl sites for hydroxylation is 1. The summed E-state index contributed by atoms with van der Waals surface area (Å²) in [5.74, 6) is 0.606. The number of hydrogen-bond acceptors (Lipinski definition) is 4. The lowest BCUT2D eigenvalue weighted by Gasteiger charge is -2.39. The van der Waals surface area contributed by atoms with Crippen LogP contribution in [0.1, 0.15) is 33.1 Å². The van der Waals surface area contributed by atoms with Crippen molar-refractivity contribution in [3.63, 3.8) is 0 Å². The normalized spacial score (nSPS) is 18.6. The molecule has 1 N–H and O–H groups in total. The fraction of sp³-hybridized carbons (Fsp3) is 0.714. The average molecular weight is 264 g/mol. The number of piperidine rings is 1. The number of aromatic nitrogens is 2. The van der Waals surface area contributed by atoms with E-state index in [0.29, 0.717) is 5.82 Å². The van der Waals surface area contributed by atoms with E-state index in [2.05, 4.69) is 29.0 Å². The van der Waals surface area contributed by atoms with Crippen molar-refractivity contribution in [1.29, 1.82) is 0 Å². The van der Waals surface area contributed by atoms with Gasteiger partial charge in [0, 0.05) is 37.6 Å². The third-order valence-corrected chi connectivity index (χ3v) is 4.13. The second-order valence-corrected chi connectivity index (χ2v) is 5.55. The number of rotatable bonds is 4. The van der Waals surface area contributed by atoms with E-state index in [9.17, 15) is 4.79 Å². The third kappa shape index (κ3) is 2.97. The molecule has 0 bridgehead atoms. The first-order chi connectivity index (χ1) is 9.09. The van der Waals surface area contributed by atoms with Gasteiger partial charge >= 0.3 is 0 Å². The Kier molecular flexibility index (Phi) is 4.24. The van der Waals surface area contributed by atoms with Crippen LogP contribution in [0, 0.1) is 0 Å². The van der Waals surface area contributed by atoms with Gasteiger partial charge in [-0.15, -0.1) is 0 Å². The van der Waals surface area contributed by atoms with Gasteiger partial charge in [-0.3, -0.25) is 4.79 Å². The van der Waals surface area contributed by atoms with Crippen molar-refractivity contribution in [2.24, 2.45) is 0 Å². The Morgan fingerprint density at radius 2 is 2.11 bits per heavy atom. The van der Waals surface area contributed by atoms with Gasteiger partial charge in [-0.25, -0.2) is 4.98 Å². The van der Waals surface area contributed by atoms with Gasteiger partial charge in [0.25, 0.3) is 5.56 Å². The van der Waals surface area contributed by atoms with Crippen molar-refractivity contribution in [1.82, 2.24) is 14.9 Å². The minimum Gasteiger partial charge on any atom is -0.352 e. The molecule has 5 nitrogen and oxygen atoms in total. The SMILES string of the molecule is CCCn1ccnc(N2CCC(C)(NC)CC2)c1=O. The largest absolute Gasteiger partial charge is 0.352 e. The molecule has 2 heterocycles. The van der Waals surface area contributed by atoms with Crippen LogP contribution in [0.25, 0.3) is 0 Å². The molecule has 2 rings (SSSR count). The average Bonchev–Trinajstić information content (AvgIpc) is 2.43. The van der Waals surface area contributed by atoms with Crippen LogP contribution < -0.4 is 15.8 Å². The zero-order valence-corrected chi connectivity index (χ0v) is 12.1. The standard InChI is InChI=1S/C14H24N4O/c1-4-8-18-11-7-16-12(13(18)19)17-9-5-14(2,15-3)6-10-17/h7,11,15H,4-6,8-10H2,1-3H3. The summed E-state index contributed by atoms with van der Waals surface area (Å²) < 4.78 is 1.76. The van der Waals surface area contributed by atoms with E-state index in [1.165, 1.54) is 0 Å². The molecule has 1 aliphatic rings. The van der Waals surface area contributed by atoms with Gasteiger partial charge in [-0.05, 0) is 33.2 Å². The molecule has 1 saturated heterocycles. The molecule has 0 unspecified atom stereocenters. The maximum atomic E-state index is 12.3. The van der Waals surface area contributed by atoms with Gasteiger partial charge in [-0.2, -0.15) is 0 Å². The first kappa shape index (κ1) is 14.1. The van der Waals surface area contributed by atoms with Gasteiger partial charge in [0.1, 0.15) is 0 Å². The zero-order chi connectivity index (χ0) is 13.9. The summed E-state index contributed by atoms with van der Waals surface area (Å²) in [5, 5.41) is 3.37. The van der Waals surface area contributed by atoms with E-state index in [4.69, 9.17) is 0 Å². The lowest BCUT2D eigenvalue weighted by molar-refractivity contribution is 0.304. The molecule has 0 atom stereocenters. The van der Waals surface area contributed by atoms with E-state index in [1.807, 2.05) is 7.05 Å². The minimum atomic E-state index is 0.0393. The van der Waals surface area contributed by atoms with E-state index < -0.39 is 0 Å². The predicted molar refractivity (Wildman–Crippen MR) is 77.7 cm³/mol. The van der Waals surface area contributed by atoms with Crippen LogP contribution in [0.2, 0.25) is 0 Å². The van der Waals surface area contributed by atoms with Crippen molar-refractivity contribution in [2.75, 3.05) is 25.0 Å². The van der Waals surface area contributed by atoms with E-state index in [1.54, 1.807) is 17.0 Å². The molecule has 1 aliphatic heterocycles. The molecule has 1 aromatic rings. The Bertz CT molecular complexity index is 475. The lowest BCUT2D eigenvalue weighted by Crippen LogP contribution is -2.51. The molecule has 1 aromatic heterocycles. The van der Waals surface area contributed by atoms with Crippen molar-refractivity contribution in [3.05, 3.63) is 22.7 Å². The number of nitrogens with zero attached hydrogens (tertiary/aromatic N) is 3. The molecule has 0 aromatic carbocycles. The van der Waals surface area contributed by atoms with Crippen LogP contribution in [-0.2, 0) is 6.54 Å². The highest BCUT2D eigenvalue weighted by atomic mass is 16.1. The van der Waals surface area contributed by atoms with Crippen molar-refractivity contribution < 1.29 is 0 Å². The van der Waals surface area contributed by atoms with E-state index >= 15 is 0 Å². The summed E-state index contributed by atoms with van der Waals surface area (Å²) in [5.41, 5.74) is 0.227. The Hall–Kier alpha value is -1.36. The molecule has 0 aliphatic carbocycles. The first-order valence-electron chi connectivity index (χ1n) is 7.09. The summed E-state index contributed by atoms with van der Waals surface area (Å²) in [6, 6.07) is 0. The van der Waals surface area contributed by atoms with Gasteiger partial charge in [0.2, 0.25) is 0 Å². The topological polar surface area (TPSA) is 50.2 Å². The Morgan fingerprint density at radius 1 is 1.42 bits per heavy atom. The fourth-order valence-electron chi connectivity index (χ4n) is 2.53. The lowest BCUT2D eigenvalue weighted by atomic mass is 9.90. The first-order valence-corrected chi connectivity index (χ1v) is 7.09. The zero-order valence-electron chi connectivity index (χ0n) is 12.1. The highest BCUT2D eigenvalue weighted by molar-refractivity contribution is 5.36. The third-order valence-electron chi connectivity index (χ3n) is 4.13. The molecular weight excluding hydrogens is 240 g/mol. The molecule has 106 valence electrons. The van der Waals surface area contributed by atoms with Crippen LogP contribution in [0.4, 0.5) is 5.82 Å². The van der Waals surface area contributed by atoms with Crippen LogP contribution in [0.5, 0.6) is 0 Å². The summed E-state index contributed by atoms with van der Waals surface area (Å²) in [4.78, 5) is 18.7. The molecule has 5 heteroatoms. The maximum absolute atomic E-state index is 12.3. The van der Waals surface area contributed by atoms with Crippen molar-refractivity contribution >= 4 is 5.82 Å². The number of anilines is 1. The van der Waals surface area contributed by atoms with E-state index in [-0.39, 0.29) is 11.1 Å². The van der Waals surface area contributed by atoms with Crippen LogP contribution >= 0.6 is 0 Å². The second kappa shape index (κ2) is 5.74. The summed E-state index contributed by atoms with van der Waals surface area (Å²) in [6.07, 6.45) is 6.54. The molecule has 1 fully saturated rings. The summed E-state index contributed by atoms with van der Waals surface area (Å²) in [6.45, 7) is 6.84. The quantitative estimate of drug-likeness (QED) is 0.888. The molecular formula is C14H24N4O. The van der Waals surface area contributed by atoms with Crippen LogP contribution in [0.15, 0.2) is 17.2 Å². The second-order valence-electron chi connectivity index (χ2n) is 5.55. The summed E-state index contributed by atoms with van der Waals surface area (Å²) in [7, 11) is 2.00. The Morgan fingerprint density at radius 3 is 2.68 bits per heavy atom. The highest BCUT2D eigenvalue weighted by Crippen LogP contribution is 2.22. The van der Waals surface area contributed by atoms with Crippen molar-refractivity contribution in [2.45, 2.75) is 45.2 Å². The monoisotopic (exact) mass is 264 g/mol. The minimum absolute atomic E-state index is 0.0393. The smallest absolute Gasteiger partial charge is 0.293 e. The van der Waals surface area contributed by atoms with Gasteiger partial charge in [0.05, 0.1) is 0 Å². The highest BCUT2D eigenvalue weighted by Gasteiger charge is 2.29. The molecule has 19 heavy (non-hydrogen) atoms. The van der Waals surface area contributed by atoms with Crippen LogP contribution in [-0.4, -0.2) is 35.2 Å². The molecule has 0 amide bonds. The number of hydrogen-bond donors (Lipinski definition) is 1. The van der Waals surface area contributed by atoms with Crippen molar-refractivity contribution in [3.8, 4) is 0 Å². The molecule has 0 spiro atoms. The number of nitrogens with one attached hydrogen (secondary N) is 1. The predicted octanol–water partition coefficient (Wildman–Crippen LogP) is 1.23. The molecule has 0 radical (unpaired) electrons. The fourth-order valence-corrected chi connectivity index (χ4v) is 2.53. The Labute approximate surface area is 114 Å². The van der Waals surface area contributed by atoms with Gasteiger partial charge in [0.15, 0.2) is 5.82 Å². The van der Waals surface area contributed by atoms with Gasteiger partial charge in [-0.1, -0.05) is 6.92 Å². The molecule has 0 saturated carbocycles. The van der Waals surface area contributed by atoms with Crippen LogP contribution in [0.3, 0.4) is 0 Å². The van der Waals surface area contributed by atoms with E-state index in [0.717, 1.165) is 38.9 Å². The van der Waals surface area contributed by atoms with Gasteiger partial charge < -0.3 is 14.8 Å². The summed E-state index contributed by atoms with van der Waals surface area (Å²) >= 11 is 0. The maximum Gasteiger partial charge on any atom is 0.293 e.